The van der Waals surface area contributed by atoms with Gasteiger partial charge in [0.1, 0.15) is 17.9 Å². The third-order valence-electron chi connectivity index (χ3n) is 4.14. The monoisotopic (exact) mass is 414 g/mol. The summed E-state index contributed by atoms with van der Waals surface area (Å²) >= 11 is 0. The molecule has 10 heteroatoms. The maximum absolute atomic E-state index is 12.9. The maximum atomic E-state index is 12.9. The molecule has 0 atom stereocenters. The van der Waals surface area contributed by atoms with Gasteiger partial charge in [-0.1, -0.05) is 24.3 Å². The van der Waals surface area contributed by atoms with Crippen molar-refractivity contribution < 1.29 is 17.9 Å². The van der Waals surface area contributed by atoms with Crippen LogP contribution in [0.15, 0.2) is 60.9 Å². The van der Waals surface area contributed by atoms with Gasteiger partial charge >= 0.3 is 6.18 Å². The van der Waals surface area contributed by atoms with E-state index in [0.717, 1.165) is 17.9 Å². The summed E-state index contributed by atoms with van der Waals surface area (Å²) in [6, 6.07) is 14.2. The lowest BCUT2D eigenvalue weighted by Gasteiger charge is -2.12. The number of alkyl halides is 3. The summed E-state index contributed by atoms with van der Waals surface area (Å²) in [4.78, 5) is 15.7. The van der Waals surface area contributed by atoms with E-state index in [0.29, 0.717) is 30.1 Å². The van der Waals surface area contributed by atoms with Crippen LogP contribution in [0.25, 0.3) is 11.2 Å². The molecule has 0 saturated carbocycles. The number of rotatable bonds is 7. The first-order valence-electron chi connectivity index (χ1n) is 9.06. The molecule has 0 amide bonds. The van der Waals surface area contributed by atoms with Crippen molar-refractivity contribution in [2.75, 3.05) is 23.8 Å². The Balaban J connectivity index is 1.48. The molecule has 0 radical (unpaired) electrons. The third-order valence-corrected chi connectivity index (χ3v) is 4.14. The lowest BCUT2D eigenvalue weighted by Crippen LogP contribution is -2.13. The number of nitrogens with one attached hydrogen (secondary N) is 3. The number of fused-ring (bicyclic) bond motifs is 1. The number of hydrogen-bond acceptors (Lipinski definition) is 6. The number of imidazole rings is 1. The number of hydrogen-bond donors (Lipinski definition) is 3. The molecule has 0 unspecified atom stereocenters. The summed E-state index contributed by atoms with van der Waals surface area (Å²) in [5.41, 5.74) is 0.429. The number of halogens is 3. The molecule has 4 rings (SSSR count). The minimum Gasteiger partial charge on any atom is -0.492 e. The zero-order valence-electron chi connectivity index (χ0n) is 15.6. The summed E-state index contributed by atoms with van der Waals surface area (Å²) in [5.74, 6) is 1.34. The predicted octanol–water partition coefficient (Wildman–Crippen LogP) is 4.61. The number of nitrogens with zero attached hydrogens (tertiary/aromatic N) is 3. The van der Waals surface area contributed by atoms with Gasteiger partial charge in [0, 0.05) is 5.69 Å². The van der Waals surface area contributed by atoms with Crippen LogP contribution in [0.5, 0.6) is 5.75 Å². The Hall–Kier alpha value is -3.82. The number of para-hydroxylation sites is 1. The van der Waals surface area contributed by atoms with Crippen molar-refractivity contribution in [2.45, 2.75) is 6.18 Å². The zero-order valence-corrected chi connectivity index (χ0v) is 15.6. The van der Waals surface area contributed by atoms with Gasteiger partial charge in [0.25, 0.3) is 0 Å². The highest BCUT2D eigenvalue weighted by Gasteiger charge is 2.30. The van der Waals surface area contributed by atoms with Crippen molar-refractivity contribution >= 4 is 28.6 Å². The number of aromatic nitrogens is 4. The molecule has 0 fully saturated rings. The molecule has 7 nitrogen and oxygen atoms in total. The lowest BCUT2D eigenvalue weighted by atomic mass is 10.2. The second-order valence-corrected chi connectivity index (χ2v) is 6.29. The van der Waals surface area contributed by atoms with Crippen molar-refractivity contribution in [1.29, 1.82) is 0 Å². The van der Waals surface area contributed by atoms with Crippen LogP contribution < -0.4 is 15.4 Å². The molecule has 0 aliphatic rings. The summed E-state index contributed by atoms with van der Waals surface area (Å²) in [6.07, 6.45) is -2.96. The van der Waals surface area contributed by atoms with Crippen LogP contribution in [-0.4, -0.2) is 33.1 Å². The topological polar surface area (TPSA) is 87.8 Å². The second kappa shape index (κ2) is 8.27. The maximum Gasteiger partial charge on any atom is 0.416 e. The average molecular weight is 414 g/mol. The summed E-state index contributed by atoms with van der Waals surface area (Å²) in [7, 11) is 0. The smallest absolute Gasteiger partial charge is 0.416 e. The van der Waals surface area contributed by atoms with Crippen LogP contribution in [0.2, 0.25) is 0 Å². The lowest BCUT2D eigenvalue weighted by molar-refractivity contribution is -0.137. The third kappa shape index (κ3) is 4.59. The molecule has 2 aromatic heterocycles. The quantitative estimate of drug-likeness (QED) is 0.383. The van der Waals surface area contributed by atoms with Gasteiger partial charge in [0.05, 0.1) is 18.4 Å². The molecule has 2 aromatic carbocycles. The minimum absolute atomic E-state index is 0.125. The Bertz CT molecular complexity index is 1130. The van der Waals surface area contributed by atoms with Crippen molar-refractivity contribution in [3.63, 3.8) is 0 Å². The fraction of sp³-hybridized carbons (Fsp3) is 0.150. The standard InChI is InChI=1S/C20H17F3N6O/c21-20(22,23)13-5-4-6-14(11-13)27-19-28-17(16-18(29-19)26-12-25-16)24-9-10-30-15-7-2-1-3-8-15/h1-8,11-12H,9-10H2,(H3,24,25,26,27,28,29). The molecule has 0 aliphatic heterocycles. The Labute approximate surface area is 169 Å². The zero-order chi connectivity index (χ0) is 21.0. The summed E-state index contributed by atoms with van der Waals surface area (Å²) < 4.78 is 44.5. The highest BCUT2D eigenvalue weighted by atomic mass is 19.4. The molecule has 0 saturated heterocycles. The van der Waals surface area contributed by atoms with E-state index in [1.165, 1.54) is 18.5 Å². The van der Waals surface area contributed by atoms with Gasteiger partial charge in [-0.15, -0.1) is 0 Å². The van der Waals surface area contributed by atoms with Crippen molar-refractivity contribution in [2.24, 2.45) is 0 Å². The molecular weight excluding hydrogens is 397 g/mol. The van der Waals surface area contributed by atoms with E-state index in [9.17, 15) is 13.2 Å². The van der Waals surface area contributed by atoms with Crippen molar-refractivity contribution in [3.05, 3.63) is 66.5 Å². The first-order chi connectivity index (χ1) is 14.5. The van der Waals surface area contributed by atoms with Gasteiger partial charge < -0.3 is 20.4 Å². The highest BCUT2D eigenvalue weighted by Crippen LogP contribution is 2.31. The Kier molecular flexibility index (Phi) is 5.38. The fourth-order valence-electron chi connectivity index (χ4n) is 2.77. The van der Waals surface area contributed by atoms with Crippen LogP contribution in [0, 0.1) is 0 Å². The summed E-state index contributed by atoms with van der Waals surface area (Å²) in [6.45, 7) is 0.836. The van der Waals surface area contributed by atoms with Crippen LogP contribution in [0.3, 0.4) is 0 Å². The van der Waals surface area contributed by atoms with E-state index in [-0.39, 0.29) is 11.6 Å². The fourth-order valence-corrected chi connectivity index (χ4v) is 2.77. The van der Waals surface area contributed by atoms with Crippen molar-refractivity contribution in [3.8, 4) is 5.75 Å². The predicted molar refractivity (Wildman–Crippen MR) is 107 cm³/mol. The average Bonchev–Trinajstić information content (AvgIpc) is 3.20. The number of H-pyrrole nitrogens is 1. The highest BCUT2D eigenvalue weighted by molar-refractivity contribution is 5.84. The van der Waals surface area contributed by atoms with Crippen molar-refractivity contribution in [1.82, 2.24) is 19.9 Å². The molecule has 154 valence electrons. The van der Waals surface area contributed by atoms with Crippen LogP contribution in [-0.2, 0) is 6.18 Å². The Morgan fingerprint density at radius 1 is 1.00 bits per heavy atom. The van der Waals surface area contributed by atoms with E-state index < -0.39 is 11.7 Å². The van der Waals surface area contributed by atoms with E-state index in [2.05, 4.69) is 30.6 Å². The van der Waals surface area contributed by atoms with Gasteiger partial charge in [0.2, 0.25) is 5.95 Å². The van der Waals surface area contributed by atoms with E-state index >= 15 is 0 Å². The number of benzene rings is 2. The van der Waals surface area contributed by atoms with Gasteiger partial charge in [-0.05, 0) is 30.3 Å². The van der Waals surface area contributed by atoms with Crippen LogP contribution in [0.4, 0.5) is 30.6 Å². The molecule has 2 heterocycles. The van der Waals surface area contributed by atoms with E-state index in [4.69, 9.17) is 4.74 Å². The molecule has 0 aliphatic carbocycles. The first-order valence-corrected chi connectivity index (χ1v) is 9.06. The van der Waals surface area contributed by atoms with E-state index in [1.54, 1.807) is 0 Å². The normalized spacial score (nSPS) is 11.4. The van der Waals surface area contributed by atoms with E-state index in [1.807, 2.05) is 30.3 Å². The van der Waals surface area contributed by atoms with Gasteiger partial charge in [-0.25, -0.2) is 4.98 Å². The Morgan fingerprint density at radius 2 is 1.83 bits per heavy atom. The van der Waals surface area contributed by atoms with Gasteiger partial charge in [0.15, 0.2) is 11.5 Å². The van der Waals surface area contributed by atoms with Crippen LogP contribution >= 0.6 is 0 Å². The number of ether oxygens (including phenoxy) is 1. The second-order valence-electron chi connectivity index (χ2n) is 6.29. The SMILES string of the molecule is FC(F)(F)c1cccc(Nc2nc(NCCOc3ccccc3)c3[nH]cnc3n2)c1. The first kappa shape index (κ1) is 19.5. The minimum atomic E-state index is -4.43. The number of aromatic amines is 1. The molecule has 0 spiro atoms. The molecule has 30 heavy (non-hydrogen) atoms. The van der Waals surface area contributed by atoms with Crippen LogP contribution in [0.1, 0.15) is 5.56 Å². The molecule has 4 aromatic rings. The largest absolute Gasteiger partial charge is 0.492 e. The molecular formula is C20H17F3N6O. The molecule has 3 N–H and O–H groups in total. The Morgan fingerprint density at radius 3 is 2.63 bits per heavy atom. The van der Waals surface area contributed by atoms with Gasteiger partial charge in [-0.3, -0.25) is 0 Å². The number of anilines is 3. The summed E-state index contributed by atoms with van der Waals surface area (Å²) in [5, 5.41) is 5.95. The molecule has 0 bridgehead atoms. The van der Waals surface area contributed by atoms with Gasteiger partial charge in [-0.2, -0.15) is 23.1 Å².